The van der Waals surface area contributed by atoms with Gasteiger partial charge in [0.1, 0.15) is 0 Å². The van der Waals surface area contributed by atoms with E-state index in [0.29, 0.717) is 4.90 Å². The number of hydrogen-bond donors (Lipinski definition) is 2. The number of nitrogens with zero attached hydrogens (tertiary/aromatic N) is 3. The number of carbonyl (C=O) groups is 1. The average molecular weight is 219 g/mol. The van der Waals surface area contributed by atoms with Gasteiger partial charge in [0.25, 0.3) is 0 Å². The first-order chi connectivity index (χ1) is 6.43. The van der Waals surface area contributed by atoms with Gasteiger partial charge in [-0.05, 0) is 11.6 Å². The first-order valence-corrected chi connectivity index (χ1v) is 3.83. The third kappa shape index (κ3) is 1.77. The molecule has 0 radical (unpaired) electrons. The van der Waals surface area contributed by atoms with Crippen LogP contribution in [-0.4, -0.2) is 23.2 Å². The molecular formula is C6H7ClN4O3. The molecule has 0 spiro atoms. The van der Waals surface area contributed by atoms with Crippen LogP contribution in [0.3, 0.4) is 0 Å². The molecule has 1 aromatic heterocycles. The molecule has 0 atom stereocenters. The van der Waals surface area contributed by atoms with Crippen molar-refractivity contribution < 1.29 is 14.6 Å². The number of nitrogens with two attached hydrogens (primary N) is 1. The SMILES string of the molecule is CN(C(=O)O)c1cc(Cl)nc(N)[n+]1[O-]. The summed E-state index contributed by atoms with van der Waals surface area (Å²) in [5.74, 6) is -0.601. The van der Waals surface area contributed by atoms with E-state index in [4.69, 9.17) is 22.4 Å². The minimum atomic E-state index is -1.30. The molecule has 0 aliphatic rings. The van der Waals surface area contributed by atoms with Crippen molar-refractivity contribution in [1.82, 2.24) is 4.98 Å². The van der Waals surface area contributed by atoms with E-state index in [1.165, 1.54) is 7.05 Å². The first-order valence-electron chi connectivity index (χ1n) is 3.45. The molecule has 1 amide bonds. The second-order valence-electron chi connectivity index (χ2n) is 2.43. The molecule has 0 aliphatic carbocycles. The van der Waals surface area contributed by atoms with Crippen LogP contribution in [0, 0.1) is 5.21 Å². The van der Waals surface area contributed by atoms with Gasteiger partial charge in [-0.1, -0.05) is 4.98 Å². The highest BCUT2D eigenvalue weighted by molar-refractivity contribution is 6.29. The molecule has 7 nitrogen and oxygen atoms in total. The highest BCUT2D eigenvalue weighted by atomic mass is 35.5. The van der Waals surface area contributed by atoms with Gasteiger partial charge >= 0.3 is 12.0 Å². The van der Waals surface area contributed by atoms with Crippen molar-refractivity contribution >= 4 is 29.5 Å². The number of halogens is 1. The van der Waals surface area contributed by atoms with Crippen LogP contribution in [0.5, 0.6) is 0 Å². The monoisotopic (exact) mass is 218 g/mol. The number of anilines is 2. The van der Waals surface area contributed by atoms with Crippen molar-refractivity contribution in [2.24, 2.45) is 0 Å². The zero-order valence-electron chi connectivity index (χ0n) is 7.14. The summed E-state index contributed by atoms with van der Waals surface area (Å²) in [6.07, 6.45) is -1.30. The van der Waals surface area contributed by atoms with Crippen LogP contribution < -0.4 is 15.4 Å². The highest BCUT2D eigenvalue weighted by Gasteiger charge is 2.18. The van der Waals surface area contributed by atoms with Gasteiger partial charge in [0.05, 0.1) is 13.1 Å². The van der Waals surface area contributed by atoms with Crippen LogP contribution in [0.25, 0.3) is 0 Å². The molecule has 14 heavy (non-hydrogen) atoms. The molecular weight excluding hydrogens is 212 g/mol. The van der Waals surface area contributed by atoms with E-state index in [2.05, 4.69) is 4.98 Å². The van der Waals surface area contributed by atoms with E-state index < -0.39 is 12.0 Å². The van der Waals surface area contributed by atoms with Gasteiger partial charge in [-0.3, -0.25) is 0 Å². The Bertz CT molecular complexity index is 384. The Balaban J connectivity index is 3.26. The van der Waals surface area contributed by atoms with E-state index in [-0.39, 0.29) is 15.7 Å². The topological polar surface area (TPSA) is 106 Å². The van der Waals surface area contributed by atoms with Gasteiger partial charge in [0, 0.05) is 0 Å². The number of nitrogen functional groups attached to an aromatic ring is 1. The lowest BCUT2D eigenvalue weighted by molar-refractivity contribution is -0.578. The zero-order chi connectivity index (χ0) is 10.9. The Labute approximate surface area is 83.9 Å². The fourth-order valence-corrected chi connectivity index (χ4v) is 0.985. The Morgan fingerprint density at radius 1 is 1.86 bits per heavy atom. The Morgan fingerprint density at radius 3 is 2.93 bits per heavy atom. The van der Waals surface area contributed by atoms with Gasteiger partial charge in [-0.25, -0.2) is 14.4 Å². The number of amides is 1. The van der Waals surface area contributed by atoms with Crippen molar-refractivity contribution in [2.45, 2.75) is 0 Å². The predicted octanol–water partition coefficient (Wildman–Crippen LogP) is 0.0648. The second-order valence-corrected chi connectivity index (χ2v) is 2.82. The molecule has 0 unspecified atom stereocenters. The molecule has 0 saturated heterocycles. The summed E-state index contributed by atoms with van der Waals surface area (Å²) in [5.41, 5.74) is 5.19. The maximum Gasteiger partial charge on any atom is 0.458 e. The van der Waals surface area contributed by atoms with Crippen molar-refractivity contribution in [2.75, 3.05) is 17.7 Å². The largest absolute Gasteiger partial charge is 0.754 e. The predicted molar refractivity (Wildman–Crippen MR) is 49.0 cm³/mol. The van der Waals surface area contributed by atoms with Gasteiger partial charge < -0.3 is 16.0 Å². The smallest absolute Gasteiger partial charge is 0.458 e. The number of hydrogen-bond acceptors (Lipinski definition) is 4. The summed E-state index contributed by atoms with van der Waals surface area (Å²) >= 11 is 5.51. The molecule has 1 heterocycles. The van der Waals surface area contributed by atoms with E-state index in [1.54, 1.807) is 0 Å². The second kappa shape index (κ2) is 3.54. The normalized spacial score (nSPS) is 9.86. The summed E-state index contributed by atoms with van der Waals surface area (Å²) in [5, 5.41) is 19.8. The summed E-state index contributed by atoms with van der Waals surface area (Å²) in [6.45, 7) is 0. The summed E-state index contributed by atoms with van der Waals surface area (Å²) in [7, 11) is 1.20. The summed E-state index contributed by atoms with van der Waals surface area (Å²) in [6, 6.07) is 1.11. The molecule has 0 bridgehead atoms. The summed E-state index contributed by atoms with van der Waals surface area (Å²) < 4.78 is 0.181. The molecule has 8 heteroatoms. The maximum absolute atomic E-state index is 11.2. The lowest BCUT2D eigenvalue weighted by Crippen LogP contribution is -2.41. The summed E-state index contributed by atoms with van der Waals surface area (Å²) in [4.78, 5) is 14.7. The van der Waals surface area contributed by atoms with Gasteiger partial charge in [0.2, 0.25) is 5.82 Å². The fraction of sp³-hybridized carbons (Fsp3) is 0.167. The quantitative estimate of drug-likeness (QED) is 0.394. The number of rotatable bonds is 1. The van der Waals surface area contributed by atoms with Crippen molar-refractivity contribution in [3.8, 4) is 0 Å². The number of aromatic nitrogens is 2. The molecule has 0 aromatic carbocycles. The number of carboxylic acid groups (broad SMARTS) is 1. The molecule has 0 fully saturated rings. The molecule has 76 valence electrons. The van der Waals surface area contributed by atoms with E-state index in [1.807, 2.05) is 0 Å². The van der Waals surface area contributed by atoms with Crippen molar-refractivity contribution in [3.05, 3.63) is 16.4 Å². The third-order valence-electron chi connectivity index (χ3n) is 1.52. The van der Waals surface area contributed by atoms with Gasteiger partial charge in [-0.15, -0.1) is 0 Å². The Morgan fingerprint density at radius 2 is 2.43 bits per heavy atom. The van der Waals surface area contributed by atoms with Crippen molar-refractivity contribution in [3.63, 3.8) is 0 Å². The molecule has 0 saturated carbocycles. The van der Waals surface area contributed by atoms with Crippen LogP contribution in [0.1, 0.15) is 0 Å². The molecule has 3 N–H and O–H groups in total. The Kier molecular flexibility index (Phi) is 2.61. The first kappa shape index (κ1) is 10.3. The van der Waals surface area contributed by atoms with Gasteiger partial charge in [0.15, 0.2) is 5.15 Å². The standard InChI is InChI=1S/C6H7ClN4O3/c1-10(6(12)13)4-2-3(7)9-5(8)11(4)14/h2H,1H3,(H2,8,9)(H,12,13). The van der Waals surface area contributed by atoms with E-state index >= 15 is 0 Å². The lowest BCUT2D eigenvalue weighted by Gasteiger charge is -2.16. The molecule has 1 aromatic rings. The average Bonchev–Trinajstić information content (AvgIpc) is 2.09. The Hall–Kier alpha value is -1.76. The molecule has 1 rings (SSSR count). The van der Waals surface area contributed by atoms with Crippen LogP contribution in [0.2, 0.25) is 5.15 Å². The fourth-order valence-electron chi connectivity index (χ4n) is 0.801. The van der Waals surface area contributed by atoms with Crippen LogP contribution in [0.15, 0.2) is 6.07 Å². The zero-order valence-corrected chi connectivity index (χ0v) is 7.89. The third-order valence-corrected chi connectivity index (χ3v) is 1.71. The maximum atomic E-state index is 11.2. The van der Waals surface area contributed by atoms with Crippen LogP contribution >= 0.6 is 11.6 Å². The van der Waals surface area contributed by atoms with Crippen molar-refractivity contribution in [1.29, 1.82) is 0 Å². The van der Waals surface area contributed by atoms with Gasteiger partial charge in [-0.2, -0.15) is 0 Å². The van der Waals surface area contributed by atoms with Crippen LogP contribution in [-0.2, 0) is 0 Å². The lowest BCUT2D eigenvalue weighted by atomic mass is 10.5. The minimum Gasteiger partial charge on any atom is -0.754 e. The highest BCUT2D eigenvalue weighted by Crippen LogP contribution is 2.13. The minimum absolute atomic E-state index is 0.0438. The molecule has 0 aliphatic heterocycles. The van der Waals surface area contributed by atoms with E-state index in [0.717, 1.165) is 6.07 Å². The van der Waals surface area contributed by atoms with Crippen LogP contribution in [0.4, 0.5) is 16.6 Å². The van der Waals surface area contributed by atoms with E-state index in [9.17, 15) is 10.0 Å².